The Hall–Kier alpha value is -1.50. The molecule has 0 aliphatic heterocycles. The van der Waals surface area contributed by atoms with Crippen LogP contribution in [0.15, 0.2) is 39.6 Å². The van der Waals surface area contributed by atoms with Crippen molar-refractivity contribution in [2.24, 2.45) is 0 Å². The zero-order valence-corrected chi connectivity index (χ0v) is 11.8. The van der Waals surface area contributed by atoms with Gasteiger partial charge in [-0.05, 0) is 37.3 Å². The summed E-state index contributed by atoms with van der Waals surface area (Å²) in [6.07, 6.45) is 0. The molecule has 19 heavy (non-hydrogen) atoms. The van der Waals surface area contributed by atoms with E-state index >= 15 is 0 Å². The number of sulfonamides is 1. The molecule has 0 saturated heterocycles. The molecule has 2 aromatic rings. The van der Waals surface area contributed by atoms with E-state index in [4.69, 9.17) is 21.8 Å². The molecule has 5 nitrogen and oxygen atoms in total. The maximum atomic E-state index is 12.0. The fourth-order valence-electron chi connectivity index (χ4n) is 1.50. The molecule has 0 bridgehead atoms. The Morgan fingerprint density at radius 3 is 2.63 bits per heavy atom. The molecule has 7 heteroatoms. The second-order valence-electron chi connectivity index (χ2n) is 4.02. The van der Waals surface area contributed by atoms with Gasteiger partial charge in [-0.15, -0.1) is 0 Å². The smallest absolute Gasteiger partial charge is 0.241 e. The van der Waals surface area contributed by atoms with Crippen LogP contribution in [0, 0.1) is 6.92 Å². The lowest BCUT2D eigenvalue weighted by Gasteiger charge is -2.06. The van der Waals surface area contributed by atoms with E-state index < -0.39 is 10.0 Å². The van der Waals surface area contributed by atoms with Crippen LogP contribution in [0.25, 0.3) is 0 Å². The largest absolute Gasteiger partial charge is 0.465 e. The molecule has 0 fully saturated rings. The van der Waals surface area contributed by atoms with Crippen molar-refractivity contribution >= 4 is 27.3 Å². The first-order valence-corrected chi connectivity index (χ1v) is 7.34. The Morgan fingerprint density at radius 1 is 1.32 bits per heavy atom. The van der Waals surface area contributed by atoms with E-state index in [1.54, 1.807) is 19.1 Å². The average Bonchev–Trinajstić information content (AvgIpc) is 2.76. The topological polar surface area (TPSA) is 85.3 Å². The highest BCUT2D eigenvalue weighted by atomic mass is 35.5. The average molecular weight is 301 g/mol. The molecule has 0 saturated carbocycles. The van der Waals surface area contributed by atoms with Gasteiger partial charge < -0.3 is 10.2 Å². The van der Waals surface area contributed by atoms with Crippen LogP contribution in [0.3, 0.4) is 0 Å². The monoisotopic (exact) mass is 300 g/mol. The normalized spacial score (nSPS) is 11.7. The summed E-state index contributed by atoms with van der Waals surface area (Å²) in [6.45, 7) is 1.87. The molecular weight excluding hydrogens is 288 g/mol. The van der Waals surface area contributed by atoms with E-state index in [2.05, 4.69) is 4.72 Å². The molecule has 2 rings (SSSR count). The van der Waals surface area contributed by atoms with E-state index in [0.717, 1.165) is 5.76 Å². The van der Waals surface area contributed by atoms with Crippen LogP contribution in [0.5, 0.6) is 0 Å². The predicted octanol–water partition coefficient (Wildman–Crippen LogP) is 2.30. The first-order valence-electron chi connectivity index (χ1n) is 5.48. The van der Waals surface area contributed by atoms with Crippen LogP contribution >= 0.6 is 11.6 Å². The number of hydrogen-bond acceptors (Lipinski definition) is 4. The van der Waals surface area contributed by atoms with Crippen molar-refractivity contribution in [3.05, 3.63) is 46.9 Å². The number of halogens is 1. The third kappa shape index (κ3) is 3.28. The first kappa shape index (κ1) is 13.9. The lowest BCUT2D eigenvalue weighted by atomic mass is 10.3. The van der Waals surface area contributed by atoms with Crippen molar-refractivity contribution in [3.8, 4) is 0 Å². The molecule has 0 aliphatic carbocycles. The molecule has 102 valence electrons. The highest BCUT2D eigenvalue weighted by Gasteiger charge is 2.15. The van der Waals surface area contributed by atoms with Gasteiger partial charge >= 0.3 is 0 Å². The minimum absolute atomic E-state index is 0.0648. The second-order valence-corrected chi connectivity index (χ2v) is 6.19. The molecule has 0 atom stereocenters. The summed E-state index contributed by atoms with van der Waals surface area (Å²) < 4.78 is 31.8. The summed E-state index contributed by atoms with van der Waals surface area (Å²) in [6, 6.07) is 7.65. The van der Waals surface area contributed by atoms with E-state index in [0.29, 0.717) is 11.4 Å². The van der Waals surface area contributed by atoms with Crippen LogP contribution in [-0.2, 0) is 16.6 Å². The maximum Gasteiger partial charge on any atom is 0.241 e. The zero-order valence-electron chi connectivity index (χ0n) is 10.2. The molecule has 1 aromatic heterocycles. The molecule has 0 amide bonds. The predicted molar refractivity (Wildman–Crippen MR) is 73.3 cm³/mol. The fraction of sp³-hybridized carbons (Fsp3) is 0.167. The van der Waals surface area contributed by atoms with E-state index in [1.165, 1.54) is 18.2 Å². The van der Waals surface area contributed by atoms with Gasteiger partial charge in [0.2, 0.25) is 10.0 Å². The molecule has 0 radical (unpaired) electrons. The van der Waals surface area contributed by atoms with Gasteiger partial charge in [-0.2, -0.15) is 0 Å². The fourth-order valence-corrected chi connectivity index (χ4v) is 2.77. The standard InChI is InChI=1S/C12H13ClN2O3S/c1-8-2-3-9(18-8)7-15-19(16,17)10-4-5-12(14)11(13)6-10/h2-6,15H,7,14H2,1H3. The molecule has 3 N–H and O–H groups in total. The number of anilines is 1. The number of rotatable bonds is 4. The lowest BCUT2D eigenvalue weighted by molar-refractivity contribution is 0.475. The van der Waals surface area contributed by atoms with Gasteiger partial charge in [0.15, 0.2) is 0 Å². The summed E-state index contributed by atoms with van der Waals surface area (Å²) in [7, 11) is -3.64. The van der Waals surface area contributed by atoms with Crippen molar-refractivity contribution in [1.82, 2.24) is 4.72 Å². The van der Waals surface area contributed by atoms with E-state index in [-0.39, 0.29) is 16.5 Å². The number of nitrogens with one attached hydrogen (secondary N) is 1. The van der Waals surface area contributed by atoms with Gasteiger partial charge in [-0.3, -0.25) is 0 Å². The van der Waals surface area contributed by atoms with Crippen molar-refractivity contribution in [3.63, 3.8) is 0 Å². The summed E-state index contributed by atoms with van der Waals surface area (Å²) >= 11 is 5.80. The van der Waals surface area contributed by atoms with Crippen LogP contribution in [0.1, 0.15) is 11.5 Å². The Balaban J connectivity index is 2.16. The number of aryl methyl sites for hydroxylation is 1. The SMILES string of the molecule is Cc1ccc(CNS(=O)(=O)c2ccc(N)c(Cl)c2)o1. The highest BCUT2D eigenvalue weighted by Crippen LogP contribution is 2.22. The maximum absolute atomic E-state index is 12.0. The number of benzene rings is 1. The lowest BCUT2D eigenvalue weighted by Crippen LogP contribution is -2.23. The van der Waals surface area contributed by atoms with Gasteiger partial charge in [0.05, 0.1) is 22.2 Å². The van der Waals surface area contributed by atoms with Gasteiger partial charge in [0.25, 0.3) is 0 Å². The van der Waals surface area contributed by atoms with Crippen LogP contribution in [0.2, 0.25) is 5.02 Å². The van der Waals surface area contributed by atoms with Crippen molar-refractivity contribution in [1.29, 1.82) is 0 Å². The number of hydrogen-bond donors (Lipinski definition) is 2. The first-order chi connectivity index (χ1) is 8.88. The Bertz CT molecular complexity index is 695. The van der Waals surface area contributed by atoms with Gasteiger partial charge in [-0.1, -0.05) is 11.6 Å². The van der Waals surface area contributed by atoms with Crippen molar-refractivity contribution < 1.29 is 12.8 Å². The van der Waals surface area contributed by atoms with Gasteiger partial charge in [0, 0.05) is 0 Å². The van der Waals surface area contributed by atoms with E-state index in [9.17, 15) is 8.42 Å². The molecular formula is C12H13ClN2O3S. The second kappa shape index (κ2) is 5.24. The Morgan fingerprint density at radius 2 is 2.05 bits per heavy atom. The summed E-state index contributed by atoms with van der Waals surface area (Å²) in [5.41, 5.74) is 5.87. The van der Waals surface area contributed by atoms with Gasteiger partial charge in [0.1, 0.15) is 11.5 Å². The third-order valence-electron chi connectivity index (χ3n) is 2.51. The van der Waals surface area contributed by atoms with E-state index in [1.807, 2.05) is 0 Å². The van der Waals surface area contributed by atoms with Crippen molar-refractivity contribution in [2.45, 2.75) is 18.4 Å². The third-order valence-corrected chi connectivity index (χ3v) is 4.24. The van der Waals surface area contributed by atoms with Gasteiger partial charge in [-0.25, -0.2) is 13.1 Å². The molecule has 0 aliphatic rings. The zero-order chi connectivity index (χ0) is 14.0. The molecule has 0 unspecified atom stereocenters. The summed E-state index contributed by atoms with van der Waals surface area (Å²) in [5, 5.41) is 0.205. The highest BCUT2D eigenvalue weighted by molar-refractivity contribution is 7.89. The summed E-state index contributed by atoms with van der Waals surface area (Å²) in [5.74, 6) is 1.27. The number of nitrogen functional groups attached to an aromatic ring is 1. The molecule has 1 heterocycles. The molecule has 1 aromatic carbocycles. The molecule has 0 spiro atoms. The van der Waals surface area contributed by atoms with Crippen LogP contribution < -0.4 is 10.5 Å². The van der Waals surface area contributed by atoms with Crippen molar-refractivity contribution in [2.75, 3.05) is 5.73 Å². The van der Waals surface area contributed by atoms with Crippen LogP contribution in [0.4, 0.5) is 5.69 Å². The minimum atomic E-state index is -3.64. The van der Waals surface area contributed by atoms with Crippen LogP contribution in [-0.4, -0.2) is 8.42 Å². The minimum Gasteiger partial charge on any atom is -0.465 e. The summed E-state index contributed by atoms with van der Waals surface area (Å²) in [4.78, 5) is 0.0648. The number of nitrogens with two attached hydrogens (primary N) is 1. The Kier molecular flexibility index (Phi) is 3.84. The number of furan rings is 1. The Labute approximate surface area is 116 Å². The quantitative estimate of drug-likeness (QED) is 0.848.